The summed E-state index contributed by atoms with van der Waals surface area (Å²) in [5, 5.41) is 0. The average molecular weight is 839 g/mol. The van der Waals surface area contributed by atoms with Gasteiger partial charge in [0.1, 0.15) is 0 Å². The summed E-state index contributed by atoms with van der Waals surface area (Å²) in [5.41, 5.74) is 31.2. The number of fused-ring (bicyclic) bond motifs is 10. The van der Waals surface area contributed by atoms with Crippen LogP contribution < -0.4 is 19.6 Å². The number of benzene rings is 4. The van der Waals surface area contributed by atoms with Gasteiger partial charge in [0.05, 0.1) is 17.1 Å². The van der Waals surface area contributed by atoms with Crippen molar-refractivity contribution in [3.8, 4) is 0 Å². The van der Waals surface area contributed by atoms with Crippen molar-refractivity contribution in [3.63, 3.8) is 0 Å². The second-order valence-electron chi connectivity index (χ2n) is 18.8. The van der Waals surface area contributed by atoms with Gasteiger partial charge in [-0.2, -0.15) is 0 Å². The number of anilines is 6. The predicted molar refractivity (Wildman–Crippen MR) is 268 cm³/mol. The standard InChI is InChI=1S/C16H15N.C15H14N2.C14H15N.C13H14N2/c1-11-4-2-6-13-10-14-7-3-5-12-8-9-17(15(11)13)16(12)14;1-10-8-16-9-13-7-12-4-2-3-11-5-6-17(14(10)13)15(11)12;1-10-8-9-15-13(10)7-6-12-5-3-4-11(2)14(12)15;1-9-5-6-15-12(9)4-3-11-8-14-7-10(2)13(11)15/h2-7H,8-10H2,1H3;2-4,8-9H,5-7H2,1H3;3-7H,8-9H2,1-2H3;3-4,7-8H,5-6H2,1-2H3. The number of para-hydroxylation sites is 4. The van der Waals surface area contributed by atoms with E-state index in [1.54, 1.807) is 0 Å². The molecule has 6 nitrogen and oxygen atoms in total. The van der Waals surface area contributed by atoms with Crippen LogP contribution in [-0.4, -0.2) is 36.1 Å². The topological polar surface area (TPSA) is 38.7 Å². The first-order valence-electron chi connectivity index (χ1n) is 23.4. The third-order valence-corrected chi connectivity index (χ3v) is 14.6. The summed E-state index contributed by atoms with van der Waals surface area (Å²) < 4.78 is 0. The lowest BCUT2D eigenvalue weighted by Crippen LogP contribution is -2.21. The zero-order valence-corrected chi connectivity index (χ0v) is 38.3. The monoisotopic (exact) mass is 838 g/mol. The fraction of sp³-hybridized carbons (Fsp3) is 0.276. The number of aromatic nitrogens is 2. The van der Waals surface area contributed by atoms with E-state index in [4.69, 9.17) is 0 Å². The minimum atomic E-state index is 1.03. The van der Waals surface area contributed by atoms with Crippen molar-refractivity contribution < 1.29 is 0 Å². The summed E-state index contributed by atoms with van der Waals surface area (Å²) in [5.74, 6) is 0. The summed E-state index contributed by atoms with van der Waals surface area (Å²) in [4.78, 5) is 18.5. The predicted octanol–water partition coefficient (Wildman–Crippen LogP) is 13.0. The fourth-order valence-electron chi connectivity index (χ4n) is 11.6. The Balaban J connectivity index is 0.0000000953. The lowest BCUT2D eigenvalue weighted by atomic mass is 9.93. The molecule has 64 heavy (non-hydrogen) atoms. The third-order valence-electron chi connectivity index (χ3n) is 14.6. The molecule has 2 aromatic heterocycles. The number of aryl methyl sites for hydroxylation is 4. The van der Waals surface area contributed by atoms with E-state index in [0.29, 0.717) is 0 Å². The van der Waals surface area contributed by atoms with Gasteiger partial charge in [-0.15, -0.1) is 0 Å². The summed E-state index contributed by atoms with van der Waals surface area (Å²) >= 11 is 0. The maximum absolute atomic E-state index is 4.33. The molecule has 14 rings (SSSR count). The van der Waals surface area contributed by atoms with Crippen molar-refractivity contribution in [3.05, 3.63) is 199 Å². The molecule has 0 aliphatic carbocycles. The molecule has 8 aliphatic heterocycles. The molecule has 320 valence electrons. The van der Waals surface area contributed by atoms with Gasteiger partial charge in [0, 0.05) is 97.8 Å². The van der Waals surface area contributed by atoms with Crippen molar-refractivity contribution in [2.75, 3.05) is 45.8 Å². The van der Waals surface area contributed by atoms with Gasteiger partial charge < -0.3 is 19.6 Å². The summed E-state index contributed by atoms with van der Waals surface area (Å²) in [6, 6.07) is 26.7. The normalized spacial score (nSPS) is 16.8. The molecule has 0 N–H and O–H groups in total. The van der Waals surface area contributed by atoms with Gasteiger partial charge in [0.25, 0.3) is 0 Å². The molecule has 10 heterocycles. The highest BCUT2D eigenvalue weighted by molar-refractivity contribution is 5.83. The molecule has 6 heteroatoms. The minimum Gasteiger partial charge on any atom is -0.341 e. The zero-order chi connectivity index (χ0) is 43.6. The van der Waals surface area contributed by atoms with Gasteiger partial charge in [-0.25, -0.2) is 0 Å². The van der Waals surface area contributed by atoms with E-state index in [1.807, 2.05) is 24.8 Å². The van der Waals surface area contributed by atoms with E-state index in [0.717, 1.165) is 39.0 Å². The van der Waals surface area contributed by atoms with E-state index in [2.05, 4.69) is 168 Å². The second kappa shape index (κ2) is 16.2. The Morgan fingerprint density at radius 1 is 0.344 bits per heavy atom. The highest BCUT2D eigenvalue weighted by Crippen LogP contribution is 2.47. The Kier molecular flexibility index (Phi) is 10.1. The van der Waals surface area contributed by atoms with E-state index in [1.165, 1.54) is 149 Å². The Morgan fingerprint density at radius 2 is 0.781 bits per heavy atom. The molecule has 0 unspecified atom stereocenters. The molecule has 0 radical (unpaired) electrons. The van der Waals surface area contributed by atoms with Crippen LogP contribution in [0, 0.1) is 27.7 Å². The van der Waals surface area contributed by atoms with Crippen LogP contribution in [0.25, 0.3) is 12.2 Å². The molecule has 0 amide bonds. The van der Waals surface area contributed by atoms with Crippen LogP contribution >= 0.6 is 0 Å². The lowest BCUT2D eigenvalue weighted by molar-refractivity contribution is 0.950. The Morgan fingerprint density at radius 3 is 1.41 bits per heavy atom. The van der Waals surface area contributed by atoms with E-state index < -0.39 is 0 Å². The fourth-order valence-corrected chi connectivity index (χ4v) is 11.6. The maximum atomic E-state index is 4.33. The first-order chi connectivity index (χ1) is 31.2. The van der Waals surface area contributed by atoms with Crippen molar-refractivity contribution in [1.82, 2.24) is 9.97 Å². The molecular formula is C58H58N6. The maximum Gasteiger partial charge on any atom is 0.0545 e. The molecule has 8 aliphatic rings. The van der Waals surface area contributed by atoms with Gasteiger partial charge in [0.2, 0.25) is 0 Å². The van der Waals surface area contributed by atoms with Crippen LogP contribution in [-0.2, 0) is 25.7 Å². The van der Waals surface area contributed by atoms with Gasteiger partial charge in [-0.1, -0.05) is 78.9 Å². The SMILES string of the molecule is CC1=C2C=Cc3cccc(C)c3N2CC1.CC1=C2C=Cc3cncc(C)c3N2CC1.Cc1cccc2c1N1CCc3cccc(c31)C2.Cc1cncc2c1N1CCc3cccc(c31)C2. The largest absolute Gasteiger partial charge is 0.341 e. The zero-order valence-electron chi connectivity index (χ0n) is 38.3. The Hall–Kier alpha value is -6.66. The molecule has 0 saturated heterocycles. The number of rotatable bonds is 0. The van der Waals surface area contributed by atoms with Gasteiger partial charge >= 0.3 is 0 Å². The summed E-state index contributed by atoms with van der Waals surface area (Å²) in [7, 11) is 0. The van der Waals surface area contributed by atoms with E-state index in [-0.39, 0.29) is 0 Å². The Labute approximate surface area is 379 Å². The molecule has 0 fully saturated rings. The van der Waals surface area contributed by atoms with E-state index in [9.17, 15) is 0 Å². The summed E-state index contributed by atoms with van der Waals surface area (Å²) in [6.45, 7) is 17.7. The van der Waals surface area contributed by atoms with Gasteiger partial charge in [0.15, 0.2) is 0 Å². The minimum absolute atomic E-state index is 1.03. The van der Waals surface area contributed by atoms with Crippen molar-refractivity contribution in [2.24, 2.45) is 0 Å². The molecule has 0 atom stereocenters. The van der Waals surface area contributed by atoms with Crippen LogP contribution in [0.2, 0.25) is 0 Å². The lowest BCUT2D eigenvalue weighted by Gasteiger charge is -2.31. The number of pyridine rings is 2. The van der Waals surface area contributed by atoms with Gasteiger partial charge in [-0.3, -0.25) is 9.97 Å². The molecule has 4 aromatic carbocycles. The number of hydrogen-bond donors (Lipinski definition) is 0. The molecule has 0 saturated carbocycles. The number of nitrogens with zero attached hydrogens (tertiary/aromatic N) is 6. The molecular weight excluding hydrogens is 781 g/mol. The van der Waals surface area contributed by atoms with E-state index >= 15 is 0 Å². The molecule has 6 aromatic rings. The molecule has 0 bridgehead atoms. The van der Waals surface area contributed by atoms with Crippen molar-refractivity contribution in [2.45, 2.75) is 80.1 Å². The second-order valence-corrected chi connectivity index (χ2v) is 18.8. The van der Waals surface area contributed by atoms with Crippen LogP contribution in [0.5, 0.6) is 0 Å². The Bertz CT molecular complexity index is 2800. The average Bonchev–Trinajstić information content (AvgIpc) is 4.12. The molecule has 0 spiro atoms. The smallest absolute Gasteiger partial charge is 0.0545 e. The van der Waals surface area contributed by atoms with Crippen molar-refractivity contribution >= 4 is 46.3 Å². The quantitative estimate of drug-likeness (QED) is 0.152. The van der Waals surface area contributed by atoms with Crippen LogP contribution in [0.1, 0.15) is 93.5 Å². The number of hydrogen-bond acceptors (Lipinski definition) is 6. The van der Waals surface area contributed by atoms with Crippen LogP contribution in [0.15, 0.2) is 132 Å². The summed E-state index contributed by atoms with van der Waals surface area (Å²) in [6.07, 6.45) is 23.7. The van der Waals surface area contributed by atoms with Crippen molar-refractivity contribution in [1.29, 1.82) is 0 Å². The number of allylic oxidation sites excluding steroid dienone is 2. The highest BCUT2D eigenvalue weighted by Gasteiger charge is 2.32. The first kappa shape index (κ1) is 40.1. The van der Waals surface area contributed by atoms with Crippen LogP contribution in [0.4, 0.5) is 34.1 Å². The first-order valence-corrected chi connectivity index (χ1v) is 23.4. The third kappa shape index (κ3) is 6.77. The highest BCUT2D eigenvalue weighted by atomic mass is 15.2. The van der Waals surface area contributed by atoms with Gasteiger partial charge in [-0.05, 0) is 158 Å². The van der Waals surface area contributed by atoms with Crippen LogP contribution in [0.3, 0.4) is 0 Å².